The van der Waals surface area contributed by atoms with E-state index in [1.807, 2.05) is 49.4 Å². The third-order valence-corrected chi connectivity index (χ3v) is 3.23. The molecule has 0 amide bonds. The van der Waals surface area contributed by atoms with Crippen LogP contribution in [0.1, 0.15) is 11.1 Å². The standard InChI is InChI=1S/C15H16ClNO/c1-11-3-6-13(9-15(11)16)17-10-12-4-7-14(18-2)8-5-12/h3-9,17H,10H2,1-2H3. The predicted octanol–water partition coefficient (Wildman–Crippen LogP) is 4.27. The molecule has 0 atom stereocenters. The van der Waals surface area contributed by atoms with Gasteiger partial charge in [-0.1, -0.05) is 29.8 Å². The number of anilines is 1. The second-order valence-electron chi connectivity index (χ2n) is 4.17. The molecule has 0 saturated heterocycles. The van der Waals surface area contributed by atoms with Gasteiger partial charge in [0.1, 0.15) is 5.75 Å². The molecule has 0 aliphatic rings. The first-order chi connectivity index (χ1) is 8.69. The van der Waals surface area contributed by atoms with Crippen molar-refractivity contribution in [3.05, 3.63) is 58.6 Å². The molecule has 2 nitrogen and oxygen atoms in total. The molecule has 0 spiro atoms. The molecule has 2 aromatic carbocycles. The second-order valence-corrected chi connectivity index (χ2v) is 4.57. The zero-order chi connectivity index (χ0) is 13.0. The molecule has 3 heteroatoms. The van der Waals surface area contributed by atoms with Gasteiger partial charge in [-0.05, 0) is 42.3 Å². The molecular weight excluding hydrogens is 246 g/mol. The number of methoxy groups -OCH3 is 1. The number of hydrogen-bond acceptors (Lipinski definition) is 2. The minimum atomic E-state index is 0.767. The third kappa shape index (κ3) is 3.17. The highest BCUT2D eigenvalue weighted by Crippen LogP contribution is 2.20. The Morgan fingerprint density at radius 3 is 2.44 bits per heavy atom. The number of ether oxygens (including phenoxy) is 1. The minimum Gasteiger partial charge on any atom is -0.497 e. The number of hydrogen-bond donors (Lipinski definition) is 1. The van der Waals surface area contributed by atoms with Crippen LogP contribution in [-0.2, 0) is 6.54 Å². The van der Waals surface area contributed by atoms with E-state index in [1.54, 1.807) is 7.11 Å². The van der Waals surface area contributed by atoms with Crippen molar-refractivity contribution < 1.29 is 4.74 Å². The van der Waals surface area contributed by atoms with Crippen LogP contribution in [-0.4, -0.2) is 7.11 Å². The van der Waals surface area contributed by atoms with Crippen LogP contribution < -0.4 is 10.1 Å². The number of benzene rings is 2. The van der Waals surface area contributed by atoms with Crippen molar-refractivity contribution in [2.75, 3.05) is 12.4 Å². The summed E-state index contributed by atoms with van der Waals surface area (Å²) in [5.74, 6) is 0.872. The Balaban J connectivity index is 1.99. The molecule has 18 heavy (non-hydrogen) atoms. The summed E-state index contributed by atoms with van der Waals surface area (Å²) in [5.41, 5.74) is 3.32. The van der Waals surface area contributed by atoms with E-state index in [0.29, 0.717) is 0 Å². The van der Waals surface area contributed by atoms with Crippen LogP contribution in [0.25, 0.3) is 0 Å². The second kappa shape index (κ2) is 5.78. The molecule has 0 unspecified atom stereocenters. The molecule has 0 heterocycles. The number of halogens is 1. The van der Waals surface area contributed by atoms with Crippen molar-refractivity contribution in [1.82, 2.24) is 0 Å². The summed E-state index contributed by atoms with van der Waals surface area (Å²) in [6, 6.07) is 14.0. The van der Waals surface area contributed by atoms with Crippen molar-refractivity contribution in [2.24, 2.45) is 0 Å². The van der Waals surface area contributed by atoms with E-state index in [9.17, 15) is 0 Å². The summed E-state index contributed by atoms with van der Waals surface area (Å²) in [6.07, 6.45) is 0. The SMILES string of the molecule is COc1ccc(CNc2ccc(C)c(Cl)c2)cc1. The highest BCUT2D eigenvalue weighted by Gasteiger charge is 1.98. The highest BCUT2D eigenvalue weighted by molar-refractivity contribution is 6.31. The lowest BCUT2D eigenvalue weighted by Crippen LogP contribution is -1.99. The van der Waals surface area contributed by atoms with Gasteiger partial charge in [-0.3, -0.25) is 0 Å². The van der Waals surface area contributed by atoms with E-state index in [1.165, 1.54) is 5.56 Å². The fraction of sp³-hybridized carbons (Fsp3) is 0.200. The maximum atomic E-state index is 6.08. The fourth-order valence-corrected chi connectivity index (χ4v) is 1.83. The molecule has 0 fully saturated rings. The number of aryl methyl sites for hydroxylation is 1. The lowest BCUT2D eigenvalue weighted by atomic mass is 10.2. The average molecular weight is 262 g/mol. The summed E-state index contributed by atoms with van der Waals surface area (Å²) in [6.45, 7) is 2.76. The fourth-order valence-electron chi connectivity index (χ4n) is 1.65. The maximum Gasteiger partial charge on any atom is 0.118 e. The summed E-state index contributed by atoms with van der Waals surface area (Å²) in [5, 5.41) is 4.13. The summed E-state index contributed by atoms with van der Waals surface area (Å²) in [4.78, 5) is 0. The van der Waals surface area contributed by atoms with Crippen LogP contribution in [0.2, 0.25) is 5.02 Å². The lowest BCUT2D eigenvalue weighted by molar-refractivity contribution is 0.414. The monoisotopic (exact) mass is 261 g/mol. The first-order valence-corrected chi connectivity index (χ1v) is 6.20. The molecule has 0 radical (unpaired) electrons. The van der Waals surface area contributed by atoms with Crippen molar-refractivity contribution in [3.63, 3.8) is 0 Å². The van der Waals surface area contributed by atoms with E-state index < -0.39 is 0 Å². The number of nitrogens with one attached hydrogen (secondary N) is 1. The van der Waals surface area contributed by atoms with Crippen LogP contribution >= 0.6 is 11.6 Å². The Labute approximate surface area is 113 Å². The van der Waals surface area contributed by atoms with Gasteiger partial charge < -0.3 is 10.1 Å². The normalized spacial score (nSPS) is 10.2. The van der Waals surface area contributed by atoms with Gasteiger partial charge in [-0.25, -0.2) is 0 Å². The Hall–Kier alpha value is -1.67. The van der Waals surface area contributed by atoms with Crippen LogP contribution in [0, 0.1) is 6.92 Å². The lowest BCUT2D eigenvalue weighted by Gasteiger charge is -2.08. The molecule has 0 aliphatic carbocycles. The molecule has 94 valence electrons. The molecular formula is C15H16ClNO. The van der Waals surface area contributed by atoms with Gasteiger partial charge in [0, 0.05) is 17.3 Å². The van der Waals surface area contributed by atoms with Crippen LogP contribution in [0.5, 0.6) is 5.75 Å². The van der Waals surface area contributed by atoms with Gasteiger partial charge in [-0.2, -0.15) is 0 Å². The van der Waals surface area contributed by atoms with E-state index in [-0.39, 0.29) is 0 Å². The van der Waals surface area contributed by atoms with Crippen molar-refractivity contribution in [3.8, 4) is 5.75 Å². The van der Waals surface area contributed by atoms with E-state index in [2.05, 4.69) is 5.32 Å². The molecule has 1 N–H and O–H groups in total. The van der Waals surface area contributed by atoms with Crippen molar-refractivity contribution >= 4 is 17.3 Å². The first-order valence-electron chi connectivity index (χ1n) is 5.82. The molecule has 2 aromatic rings. The molecule has 0 saturated carbocycles. The van der Waals surface area contributed by atoms with E-state index >= 15 is 0 Å². The van der Waals surface area contributed by atoms with Crippen LogP contribution in [0.15, 0.2) is 42.5 Å². The van der Waals surface area contributed by atoms with Crippen molar-refractivity contribution in [2.45, 2.75) is 13.5 Å². The Bertz CT molecular complexity index is 523. The summed E-state index contributed by atoms with van der Waals surface area (Å²) >= 11 is 6.08. The minimum absolute atomic E-state index is 0.767. The molecule has 0 aromatic heterocycles. The highest BCUT2D eigenvalue weighted by atomic mass is 35.5. The van der Waals surface area contributed by atoms with Gasteiger partial charge in [0.15, 0.2) is 0 Å². The predicted molar refractivity (Wildman–Crippen MR) is 76.5 cm³/mol. The van der Waals surface area contributed by atoms with Crippen LogP contribution in [0.4, 0.5) is 5.69 Å². The van der Waals surface area contributed by atoms with Crippen molar-refractivity contribution in [1.29, 1.82) is 0 Å². The van der Waals surface area contributed by atoms with Gasteiger partial charge in [0.2, 0.25) is 0 Å². The van der Waals surface area contributed by atoms with Gasteiger partial charge in [0.05, 0.1) is 7.11 Å². The molecule has 0 aliphatic heterocycles. The van der Waals surface area contributed by atoms with E-state index in [0.717, 1.165) is 28.6 Å². The smallest absolute Gasteiger partial charge is 0.118 e. The van der Waals surface area contributed by atoms with Crippen LogP contribution in [0.3, 0.4) is 0 Å². The van der Waals surface area contributed by atoms with Gasteiger partial charge in [0.25, 0.3) is 0 Å². The molecule has 0 bridgehead atoms. The topological polar surface area (TPSA) is 21.3 Å². The summed E-state index contributed by atoms with van der Waals surface area (Å²) in [7, 11) is 1.67. The summed E-state index contributed by atoms with van der Waals surface area (Å²) < 4.78 is 5.12. The number of rotatable bonds is 4. The van der Waals surface area contributed by atoms with Gasteiger partial charge in [-0.15, -0.1) is 0 Å². The maximum absolute atomic E-state index is 6.08. The zero-order valence-corrected chi connectivity index (χ0v) is 11.3. The first kappa shape index (κ1) is 12.8. The van der Waals surface area contributed by atoms with Gasteiger partial charge >= 0.3 is 0 Å². The quantitative estimate of drug-likeness (QED) is 0.888. The molecule has 2 rings (SSSR count). The Morgan fingerprint density at radius 1 is 1.11 bits per heavy atom. The largest absolute Gasteiger partial charge is 0.497 e. The Kier molecular flexibility index (Phi) is 4.11. The van der Waals surface area contributed by atoms with E-state index in [4.69, 9.17) is 16.3 Å². The zero-order valence-electron chi connectivity index (χ0n) is 10.5. The average Bonchev–Trinajstić information content (AvgIpc) is 2.41. The Morgan fingerprint density at radius 2 is 1.83 bits per heavy atom. The third-order valence-electron chi connectivity index (χ3n) is 2.83.